The van der Waals surface area contributed by atoms with E-state index in [-0.39, 0.29) is 17.9 Å². The first-order chi connectivity index (χ1) is 14.2. The zero-order chi connectivity index (χ0) is 21.5. The molecule has 2 aliphatic heterocycles. The van der Waals surface area contributed by atoms with Crippen LogP contribution in [0.3, 0.4) is 0 Å². The van der Waals surface area contributed by atoms with Gasteiger partial charge in [-0.05, 0) is 37.8 Å². The van der Waals surface area contributed by atoms with Gasteiger partial charge in [0.1, 0.15) is 4.90 Å². The number of carbonyl (C=O) groups is 1. The van der Waals surface area contributed by atoms with E-state index in [1.165, 1.54) is 6.07 Å². The van der Waals surface area contributed by atoms with E-state index in [1.54, 1.807) is 23.1 Å². The maximum Gasteiger partial charge on any atom is 0.393 e. The van der Waals surface area contributed by atoms with Crippen LogP contribution in [-0.4, -0.2) is 50.4 Å². The second kappa shape index (κ2) is 7.86. The fraction of sp³-hybridized carbons (Fsp3) is 0.600. The van der Waals surface area contributed by atoms with Gasteiger partial charge in [0.2, 0.25) is 5.91 Å². The lowest BCUT2D eigenvalue weighted by Crippen LogP contribution is -2.52. The molecule has 2 fully saturated rings. The number of nitrogens with zero attached hydrogens (tertiary/aromatic N) is 2. The van der Waals surface area contributed by atoms with Crippen LogP contribution in [0.5, 0.6) is 0 Å². The summed E-state index contributed by atoms with van der Waals surface area (Å²) in [5, 5.41) is 2.65. The molecule has 1 aromatic rings. The molecule has 30 heavy (non-hydrogen) atoms. The van der Waals surface area contributed by atoms with Crippen LogP contribution in [0, 0.1) is 11.8 Å². The molecule has 0 aromatic heterocycles. The molecule has 1 amide bonds. The van der Waals surface area contributed by atoms with Gasteiger partial charge in [-0.25, -0.2) is 0 Å². The van der Waals surface area contributed by atoms with Gasteiger partial charge in [-0.2, -0.15) is 21.6 Å². The summed E-state index contributed by atoms with van der Waals surface area (Å²) in [6.07, 6.45) is -1.60. The SMILES string of the molecule is O=C(NC1CCCCC1C(F)(F)F)C1CCCN(C2=NS(=O)(=O)c3ccccc32)C1. The van der Waals surface area contributed by atoms with E-state index in [2.05, 4.69) is 9.71 Å². The molecule has 10 heteroatoms. The predicted octanol–water partition coefficient (Wildman–Crippen LogP) is 3.08. The topological polar surface area (TPSA) is 78.8 Å². The molecule has 0 bridgehead atoms. The molecule has 1 saturated heterocycles. The Kier molecular flexibility index (Phi) is 5.54. The first-order valence-corrected chi connectivity index (χ1v) is 11.7. The number of halogens is 3. The molecule has 4 rings (SSSR count). The van der Waals surface area contributed by atoms with Crippen LogP contribution >= 0.6 is 0 Å². The van der Waals surface area contributed by atoms with Crippen molar-refractivity contribution in [3.05, 3.63) is 29.8 Å². The van der Waals surface area contributed by atoms with Crippen LogP contribution in [-0.2, 0) is 14.8 Å². The fourth-order valence-corrected chi connectivity index (χ4v) is 5.92. The van der Waals surface area contributed by atoms with Crippen molar-refractivity contribution in [1.82, 2.24) is 10.2 Å². The van der Waals surface area contributed by atoms with E-state index in [0.29, 0.717) is 50.0 Å². The van der Waals surface area contributed by atoms with Crippen LogP contribution in [0.2, 0.25) is 0 Å². The Morgan fingerprint density at radius 1 is 1.10 bits per heavy atom. The Morgan fingerprint density at radius 3 is 2.60 bits per heavy atom. The summed E-state index contributed by atoms with van der Waals surface area (Å²) in [7, 11) is -3.77. The van der Waals surface area contributed by atoms with Gasteiger partial charge < -0.3 is 10.2 Å². The Hall–Kier alpha value is -2.10. The molecule has 164 valence electrons. The van der Waals surface area contributed by atoms with Gasteiger partial charge >= 0.3 is 6.18 Å². The molecular weight excluding hydrogens is 419 g/mol. The number of likely N-dealkylation sites (tertiary alicyclic amines) is 1. The number of nitrogens with one attached hydrogen (secondary N) is 1. The van der Waals surface area contributed by atoms with Crippen molar-refractivity contribution < 1.29 is 26.4 Å². The quantitative estimate of drug-likeness (QED) is 0.762. The average Bonchev–Trinajstić information content (AvgIpc) is 2.99. The van der Waals surface area contributed by atoms with Crippen molar-refractivity contribution in [2.45, 2.75) is 55.6 Å². The highest BCUT2D eigenvalue weighted by molar-refractivity contribution is 7.90. The number of amidine groups is 1. The standard InChI is InChI=1S/C20H24F3N3O3S/c21-20(22,23)15-8-2-3-9-16(15)24-19(27)13-6-5-11-26(12-13)18-14-7-1-4-10-17(14)30(28,29)25-18/h1,4,7,10,13,15-16H,2-3,5-6,8-9,11-12H2,(H,24,27). The highest BCUT2D eigenvalue weighted by atomic mass is 32.2. The molecule has 3 aliphatic rings. The summed E-state index contributed by atoms with van der Waals surface area (Å²) in [5.74, 6) is -2.09. The van der Waals surface area contributed by atoms with E-state index >= 15 is 0 Å². The minimum atomic E-state index is -4.33. The van der Waals surface area contributed by atoms with Gasteiger partial charge in [-0.3, -0.25) is 4.79 Å². The summed E-state index contributed by atoms with van der Waals surface area (Å²) >= 11 is 0. The Bertz CT molecular complexity index is 962. The van der Waals surface area contributed by atoms with E-state index in [9.17, 15) is 26.4 Å². The van der Waals surface area contributed by atoms with E-state index in [4.69, 9.17) is 0 Å². The number of piperidine rings is 1. The molecule has 0 spiro atoms. The smallest absolute Gasteiger partial charge is 0.355 e. The van der Waals surface area contributed by atoms with Crippen molar-refractivity contribution in [2.24, 2.45) is 16.2 Å². The van der Waals surface area contributed by atoms with Crippen LogP contribution in [0.25, 0.3) is 0 Å². The monoisotopic (exact) mass is 443 g/mol. The highest BCUT2D eigenvalue weighted by Gasteiger charge is 2.46. The second-order valence-corrected chi connectivity index (χ2v) is 9.79. The van der Waals surface area contributed by atoms with Gasteiger partial charge in [0.25, 0.3) is 10.0 Å². The number of hydrogen-bond acceptors (Lipinski definition) is 4. The fourth-order valence-electron chi connectivity index (χ4n) is 4.70. The Morgan fingerprint density at radius 2 is 1.83 bits per heavy atom. The molecule has 3 unspecified atom stereocenters. The third-order valence-electron chi connectivity index (χ3n) is 6.22. The predicted molar refractivity (Wildman–Crippen MR) is 104 cm³/mol. The minimum Gasteiger partial charge on any atom is -0.355 e. The highest BCUT2D eigenvalue weighted by Crippen LogP contribution is 2.38. The van der Waals surface area contributed by atoms with Crippen molar-refractivity contribution in [2.75, 3.05) is 13.1 Å². The number of fused-ring (bicyclic) bond motifs is 1. The molecular formula is C20H24F3N3O3S. The summed E-state index contributed by atoms with van der Waals surface area (Å²) in [5.41, 5.74) is 0.503. The van der Waals surface area contributed by atoms with Gasteiger partial charge in [0, 0.05) is 24.7 Å². The van der Waals surface area contributed by atoms with Gasteiger partial charge in [-0.1, -0.05) is 25.0 Å². The van der Waals surface area contributed by atoms with E-state index < -0.39 is 40.0 Å². The number of benzene rings is 1. The third-order valence-corrected chi connectivity index (χ3v) is 7.54. The maximum absolute atomic E-state index is 13.3. The van der Waals surface area contributed by atoms with E-state index in [0.717, 1.165) is 0 Å². The number of carbonyl (C=O) groups excluding carboxylic acids is 1. The summed E-state index contributed by atoms with van der Waals surface area (Å²) in [6.45, 7) is 0.777. The van der Waals surface area contributed by atoms with Crippen LogP contribution in [0.1, 0.15) is 44.1 Å². The van der Waals surface area contributed by atoms with Gasteiger partial charge in [-0.15, -0.1) is 4.40 Å². The molecule has 1 N–H and O–H groups in total. The number of hydrogen-bond donors (Lipinski definition) is 1. The lowest BCUT2D eigenvalue weighted by atomic mass is 9.83. The van der Waals surface area contributed by atoms with Crippen molar-refractivity contribution >= 4 is 21.8 Å². The summed E-state index contributed by atoms with van der Waals surface area (Å²) < 4.78 is 68.5. The zero-order valence-electron chi connectivity index (χ0n) is 16.4. The second-order valence-electron chi connectivity index (χ2n) is 8.22. The maximum atomic E-state index is 13.3. The number of rotatable bonds is 2. The molecule has 1 saturated carbocycles. The number of alkyl halides is 3. The lowest BCUT2D eigenvalue weighted by molar-refractivity contribution is -0.189. The van der Waals surface area contributed by atoms with Crippen molar-refractivity contribution in [3.8, 4) is 0 Å². The summed E-state index contributed by atoms with van der Waals surface area (Å²) in [6, 6.07) is 5.63. The zero-order valence-corrected chi connectivity index (χ0v) is 17.2. The number of amides is 1. The normalized spacial score (nSPS) is 28.6. The van der Waals surface area contributed by atoms with Crippen molar-refractivity contribution in [3.63, 3.8) is 0 Å². The largest absolute Gasteiger partial charge is 0.393 e. The lowest BCUT2D eigenvalue weighted by Gasteiger charge is -2.37. The minimum absolute atomic E-state index is 0.0384. The molecule has 3 atom stereocenters. The molecule has 0 radical (unpaired) electrons. The third kappa shape index (κ3) is 4.06. The molecule has 2 heterocycles. The Balaban J connectivity index is 1.48. The van der Waals surface area contributed by atoms with Crippen LogP contribution in [0.15, 0.2) is 33.6 Å². The average molecular weight is 443 g/mol. The molecule has 1 aliphatic carbocycles. The Labute approximate surface area is 173 Å². The van der Waals surface area contributed by atoms with Crippen LogP contribution in [0.4, 0.5) is 13.2 Å². The van der Waals surface area contributed by atoms with Crippen molar-refractivity contribution in [1.29, 1.82) is 0 Å². The first kappa shape index (κ1) is 21.1. The summed E-state index contributed by atoms with van der Waals surface area (Å²) in [4.78, 5) is 14.7. The molecule has 6 nitrogen and oxygen atoms in total. The van der Waals surface area contributed by atoms with E-state index in [1.807, 2.05) is 0 Å². The first-order valence-electron chi connectivity index (χ1n) is 10.2. The van der Waals surface area contributed by atoms with Gasteiger partial charge in [0.15, 0.2) is 5.84 Å². The molecule has 1 aromatic carbocycles. The van der Waals surface area contributed by atoms with Gasteiger partial charge in [0.05, 0.1) is 11.8 Å². The number of sulfonamides is 1. The van der Waals surface area contributed by atoms with Crippen LogP contribution < -0.4 is 5.32 Å².